The summed E-state index contributed by atoms with van der Waals surface area (Å²) in [7, 11) is 0. The maximum atomic E-state index is 10.1. The molecule has 4 heteroatoms. The highest BCUT2D eigenvalue weighted by Crippen LogP contribution is 2.13. The average molecular weight is 280 g/mol. The topological polar surface area (TPSA) is 58.7 Å². The van der Waals surface area contributed by atoms with E-state index >= 15 is 0 Å². The van der Waals surface area contributed by atoms with Crippen LogP contribution in [-0.2, 0) is 0 Å². The van der Waals surface area contributed by atoms with Crippen LogP contribution in [0.15, 0.2) is 24.3 Å². The van der Waals surface area contributed by atoms with Gasteiger partial charge >= 0.3 is 0 Å². The van der Waals surface area contributed by atoms with Gasteiger partial charge in [-0.3, -0.25) is 4.90 Å². The Bertz CT molecular complexity index is 377. The van der Waals surface area contributed by atoms with Gasteiger partial charge in [0.05, 0.1) is 0 Å². The quantitative estimate of drug-likeness (QED) is 0.718. The van der Waals surface area contributed by atoms with Crippen molar-refractivity contribution in [2.24, 2.45) is 5.92 Å². The molecule has 0 aromatic heterocycles. The van der Waals surface area contributed by atoms with Crippen LogP contribution in [0, 0.1) is 5.92 Å². The minimum absolute atomic E-state index is 0.297. The number of aliphatic hydroxyl groups excluding tert-OH is 1. The molecule has 1 atom stereocenters. The predicted octanol–water partition coefficient (Wildman–Crippen LogP) is 2.37. The molecular formula is C16H28N2O2. The number of nitrogens with two attached hydrogens (primary N) is 1. The summed E-state index contributed by atoms with van der Waals surface area (Å²) in [5.41, 5.74) is 6.33. The number of hydrogen-bond donors (Lipinski definition) is 2. The van der Waals surface area contributed by atoms with Gasteiger partial charge in [-0.05, 0) is 44.0 Å². The highest BCUT2D eigenvalue weighted by molar-refractivity contribution is 5.41. The smallest absolute Gasteiger partial charge is 0.119 e. The predicted molar refractivity (Wildman–Crippen MR) is 83.9 cm³/mol. The molecule has 1 aromatic carbocycles. The third-order valence-electron chi connectivity index (χ3n) is 3.10. The van der Waals surface area contributed by atoms with Crippen molar-refractivity contribution in [1.82, 2.24) is 4.90 Å². The van der Waals surface area contributed by atoms with Crippen molar-refractivity contribution in [3.05, 3.63) is 24.3 Å². The maximum absolute atomic E-state index is 10.1. The molecule has 0 fully saturated rings. The Morgan fingerprint density at radius 1 is 1.10 bits per heavy atom. The number of anilines is 1. The molecule has 114 valence electrons. The highest BCUT2D eigenvalue weighted by Gasteiger charge is 2.16. The fourth-order valence-corrected chi connectivity index (χ4v) is 2.05. The summed E-state index contributed by atoms with van der Waals surface area (Å²) in [6.07, 6.45) is -0.492. The average Bonchev–Trinajstić information content (AvgIpc) is 2.36. The lowest BCUT2D eigenvalue weighted by molar-refractivity contribution is 0.0528. The molecule has 1 unspecified atom stereocenters. The second-order valence-electron chi connectivity index (χ2n) is 5.98. The van der Waals surface area contributed by atoms with E-state index in [0.29, 0.717) is 30.8 Å². The second-order valence-corrected chi connectivity index (χ2v) is 5.98. The number of aliphatic hydroxyl groups is 1. The first-order valence-electron chi connectivity index (χ1n) is 7.29. The first-order chi connectivity index (χ1) is 9.38. The lowest BCUT2D eigenvalue weighted by Crippen LogP contribution is -2.41. The Kier molecular flexibility index (Phi) is 6.82. The van der Waals surface area contributed by atoms with Gasteiger partial charge in [0.25, 0.3) is 0 Å². The Hall–Kier alpha value is -1.26. The largest absolute Gasteiger partial charge is 0.491 e. The number of benzene rings is 1. The number of hydrogen-bond acceptors (Lipinski definition) is 4. The summed E-state index contributed by atoms with van der Waals surface area (Å²) in [5.74, 6) is 1.32. The van der Waals surface area contributed by atoms with E-state index in [1.807, 2.05) is 12.1 Å². The van der Waals surface area contributed by atoms with Crippen LogP contribution in [0.5, 0.6) is 5.75 Å². The summed E-state index contributed by atoms with van der Waals surface area (Å²) >= 11 is 0. The number of rotatable bonds is 8. The van der Waals surface area contributed by atoms with Gasteiger partial charge in [0, 0.05) is 24.8 Å². The first-order valence-corrected chi connectivity index (χ1v) is 7.29. The molecule has 0 saturated carbocycles. The Balaban J connectivity index is 2.41. The summed E-state index contributed by atoms with van der Waals surface area (Å²) in [6.45, 7) is 10.6. The van der Waals surface area contributed by atoms with Gasteiger partial charge in [-0.25, -0.2) is 0 Å². The van der Waals surface area contributed by atoms with Crippen LogP contribution in [0.3, 0.4) is 0 Å². The van der Waals surface area contributed by atoms with Gasteiger partial charge < -0.3 is 15.6 Å². The number of nitrogen functional groups attached to an aromatic ring is 1. The normalized spacial score (nSPS) is 13.2. The van der Waals surface area contributed by atoms with E-state index in [9.17, 15) is 5.11 Å². The summed E-state index contributed by atoms with van der Waals surface area (Å²) in [6, 6.07) is 7.64. The lowest BCUT2D eigenvalue weighted by atomic mass is 10.1. The molecule has 20 heavy (non-hydrogen) atoms. The van der Waals surface area contributed by atoms with Crippen molar-refractivity contribution >= 4 is 5.69 Å². The van der Waals surface area contributed by atoms with Gasteiger partial charge in [-0.1, -0.05) is 13.8 Å². The van der Waals surface area contributed by atoms with Crippen LogP contribution >= 0.6 is 0 Å². The summed E-state index contributed by atoms with van der Waals surface area (Å²) in [4.78, 5) is 2.28. The van der Waals surface area contributed by atoms with E-state index in [1.165, 1.54) is 0 Å². The third-order valence-corrected chi connectivity index (χ3v) is 3.10. The molecule has 1 rings (SSSR count). The number of ether oxygens (including phenoxy) is 1. The van der Waals surface area contributed by atoms with Crippen molar-refractivity contribution in [3.63, 3.8) is 0 Å². The maximum Gasteiger partial charge on any atom is 0.119 e. The SMILES string of the molecule is CC(C)CN(CC(O)COc1ccc(N)cc1)C(C)C. The summed E-state index contributed by atoms with van der Waals surface area (Å²) in [5, 5.41) is 10.1. The molecule has 0 aliphatic carbocycles. The van der Waals surface area contributed by atoms with Crippen LogP contribution in [0.2, 0.25) is 0 Å². The molecule has 0 aliphatic heterocycles. The summed E-state index contributed by atoms with van der Waals surface area (Å²) < 4.78 is 5.58. The number of nitrogens with zero attached hydrogens (tertiary/aromatic N) is 1. The van der Waals surface area contributed by atoms with E-state index < -0.39 is 6.10 Å². The zero-order chi connectivity index (χ0) is 15.1. The van der Waals surface area contributed by atoms with Crippen LogP contribution in [0.25, 0.3) is 0 Å². The molecule has 1 aromatic rings. The van der Waals surface area contributed by atoms with Crippen molar-refractivity contribution in [3.8, 4) is 5.75 Å². The minimum Gasteiger partial charge on any atom is -0.491 e. The highest BCUT2D eigenvalue weighted by atomic mass is 16.5. The van der Waals surface area contributed by atoms with Crippen molar-refractivity contribution in [1.29, 1.82) is 0 Å². The molecule has 0 radical (unpaired) electrons. The Morgan fingerprint density at radius 2 is 1.70 bits per heavy atom. The molecule has 4 nitrogen and oxygen atoms in total. The van der Waals surface area contributed by atoms with Gasteiger partial charge in [-0.15, -0.1) is 0 Å². The second kappa shape index (κ2) is 8.12. The Labute approximate surface area is 122 Å². The standard InChI is InChI=1S/C16H28N2O2/c1-12(2)9-18(13(3)4)10-15(19)11-20-16-7-5-14(17)6-8-16/h5-8,12-13,15,19H,9-11,17H2,1-4H3. The molecule has 0 amide bonds. The van der Waals surface area contributed by atoms with Crippen molar-refractivity contribution in [2.75, 3.05) is 25.4 Å². The van der Waals surface area contributed by atoms with Crippen LogP contribution in [-0.4, -0.2) is 41.8 Å². The van der Waals surface area contributed by atoms with Gasteiger partial charge in [0.15, 0.2) is 0 Å². The molecule has 0 heterocycles. The zero-order valence-corrected chi connectivity index (χ0v) is 13.0. The molecule has 3 N–H and O–H groups in total. The van der Waals surface area contributed by atoms with Crippen molar-refractivity contribution < 1.29 is 9.84 Å². The molecule has 0 bridgehead atoms. The van der Waals surface area contributed by atoms with Gasteiger partial charge in [-0.2, -0.15) is 0 Å². The fraction of sp³-hybridized carbons (Fsp3) is 0.625. The molecule has 0 spiro atoms. The van der Waals surface area contributed by atoms with E-state index in [2.05, 4.69) is 32.6 Å². The molecule has 0 saturated heterocycles. The third kappa shape index (κ3) is 6.26. The fourth-order valence-electron chi connectivity index (χ4n) is 2.05. The van der Waals surface area contributed by atoms with Crippen molar-refractivity contribution in [2.45, 2.75) is 39.8 Å². The van der Waals surface area contributed by atoms with Gasteiger partial charge in [0.1, 0.15) is 18.5 Å². The van der Waals surface area contributed by atoms with E-state index in [0.717, 1.165) is 12.3 Å². The monoisotopic (exact) mass is 280 g/mol. The van der Waals surface area contributed by atoms with Crippen LogP contribution < -0.4 is 10.5 Å². The minimum atomic E-state index is -0.492. The van der Waals surface area contributed by atoms with E-state index in [-0.39, 0.29) is 0 Å². The lowest BCUT2D eigenvalue weighted by Gasteiger charge is -2.30. The zero-order valence-electron chi connectivity index (χ0n) is 13.0. The van der Waals surface area contributed by atoms with Gasteiger partial charge in [0.2, 0.25) is 0 Å². The molecular weight excluding hydrogens is 252 g/mol. The Morgan fingerprint density at radius 3 is 2.20 bits per heavy atom. The van der Waals surface area contributed by atoms with Crippen LogP contribution in [0.4, 0.5) is 5.69 Å². The van der Waals surface area contributed by atoms with E-state index in [4.69, 9.17) is 10.5 Å². The van der Waals surface area contributed by atoms with E-state index in [1.54, 1.807) is 12.1 Å². The van der Waals surface area contributed by atoms with Crippen LogP contribution in [0.1, 0.15) is 27.7 Å². The first kappa shape index (κ1) is 16.8. The molecule has 0 aliphatic rings.